The lowest BCUT2D eigenvalue weighted by Crippen LogP contribution is -2.09. The fourth-order valence-corrected chi connectivity index (χ4v) is 6.28. The van der Waals surface area contributed by atoms with E-state index < -0.39 is 0 Å². The average Bonchev–Trinajstić information content (AvgIpc) is 3.84. The van der Waals surface area contributed by atoms with Crippen LogP contribution in [0, 0.1) is 12.3 Å². The number of hydrogen-bond acceptors (Lipinski definition) is 13. The maximum absolute atomic E-state index is 5.86. The Hall–Kier alpha value is -6.60. The number of aromatic nitrogens is 9. The number of fused-ring (bicyclic) bond motifs is 3. The molecule has 0 unspecified atom stereocenters. The molecule has 5 heterocycles. The van der Waals surface area contributed by atoms with Crippen LogP contribution in [-0.2, 0) is 16.5 Å². The SMILES string of the molecule is C#Cc1cccc(Nc2ncnc3cc(OCCOC)c(OCCOC)cc23)c1.Cn1cc(-c2ccc3nnc(Sc4ccc5ncccc5c4)n3n2)cn1. The number of terminal acetylenes is 1. The Balaban J connectivity index is 0.000000170. The highest BCUT2D eigenvalue weighted by Crippen LogP contribution is 2.35. The maximum Gasteiger partial charge on any atom is 0.217 e. The Kier molecular flexibility index (Phi) is 11.7. The van der Waals surface area contributed by atoms with E-state index in [0.717, 1.165) is 49.2 Å². The number of methoxy groups -OCH3 is 2. The van der Waals surface area contributed by atoms with E-state index in [1.54, 1.807) is 35.8 Å². The lowest BCUT2D eigenvalue weighted by Gasteiger charge is -2.15. The monoisotopic (exact) mass is 752 g/mol. The van der Waals surface area contributed by atoms with Crippen LogP contribution >= 0.6 is 11.8 Å². The van der Waals surface area contributed by atoms with Gasteiger partial charge in [0.15, 0.2) is 17.1 Å². The van der Waals surface area contributed by atoms with Crippen molar-refractivity contribution in [2.75, 3.05) is 46.0 Å². The number of nitrogens with one attached hydrogen (secondary N) is 1. The van der Waals surface area contributed by atoms with Crippen LogP contribution in [0.15, 0.2) is 114 Å². The standard InChI is InChI=1S/C22H23N3O4.C18H13N7S/c1-4-16-6-5-7-17(12-16)25-22-18-13-20(28-10-8-26-2)21(29-11-9-27-3)14-19(18)23-15-24-22;1-24-11-13(10-20-24)16-6-7-17-21-22-18(25(17)23-16)26-14-4-5-15-12(9-14)3-2-8-19-15/h1,5-7,12-15H,8-11H2,2-3H3,(H,23,24,25);2-11H,1H3. The van der Waals surface area contributed by atoms with Crippen molar-refractivity contribution < 1.29 is 18.9 Å². The molecule has 0 aliphatic carbocycles. The molecule has 5 aromatic heterocycles. The minimum atomic E-state index is 0.392. The zero-order chi connectivity index (χ0) is 38.0. The van der Waals surface area contributed by atoms with Crippen LogP contribution in [0.5, 0.6) is 11.5 Å². The van der Waals surface area contributed by atoms with E-state index in [0.29, 0.717) is 54.5 Å². The van der Waals surface area contributed by atoms with Gasteiger partial charge in [-0.25, -0.2) is 9.97 Å². The Morgan fingerprint density at radius 3 is 2.44 bits per heavy atom. The van der Waals surface area contributed by atoms with Crippen LogP contribution in [-0.4, -0.2) is 85.2 Å². The number of pyridine rings is 1. The molecule has 8 rings (SSSR count). The molecule has 0 saturated carbocycles. The Morgan fingerprint density at radius 1 is 0.818 bits per heavy atom. The summed E-state index contributed by atoms with van der Waals surface area (Å²) in [5.74, 6) is 4.44. The molecule has 14 nitrogen and oxygen atoms in total. The smallest absolute Gasteiger partial charge is 0.217 e. The fraction of sp³-hybridized carbons (Fsp3) is 0.175. The van der Waals surface area contributed by atoms with Gasteiger partial charge < -0.3 is 24.3 Å². The van der Waals surface area contributed by atoms with Crippen molar-refractivity contribution in [2.24, 2.45) is 7.05 Å². The molecule has 0 spiro atoms. The maximum atomic E-state index is 5.86. The highest BCUT2D eigenvalue weighted by atomic mass is 32.2. The number of anilines is 2. The predicted octanol–water partition coefficient (Wildman–Crippen LogP) is 6.63. The first kappa shape index (κ1) is 36.7. The number of benzene rings is 3. The van der Waals surface area contributed by atoms with Crippen molar-refractivity contribution >= 4 is 50.7 Å². The van der Waals surface area contributed by atoms with Gasteiger partial charge in [-0.2, -0.15) is 14.7 Å². The van der Waals surface area contributed by atoms with Gasteiger partial charge in [0.2, 0.25) is 5.16 Å². The van der Waals surface area contributed by atoms with E-state index in [-0.39, 0.29) is 0 Å². The summed E-state index contributed by atoms with van der Waals surface area (Å²) in [4.78, 5) is 14.2. The van der Waals surface area contributed by atoms with Gasteiger partial charge in [0.25, 0.3) is 0 Å². The molecule has 0 fully saturated rings. The van der Waals surface area contributed by atoms with Gasteiger partial charge in [0.05, 0.1) is 36.1 Å². The topological polar surface area (TPSA) is 149 Å². The van der Waals surface area contributed by atoms with Gasteiger partial charge >= 0.3 is 0 Å². The second kappa shape index (κ2) is 17.5. The van der Waals surface area contributed by atoms with Gasteiger partial charge in [0, 0.05) is 72.2 Å². The summed E-state index contributed by atoms with van der Waals surface area (Å²) >= 11 is 1.53. The minimum absolute atomic E-state index is 0.392. The van der Waals surface area contributed by atoms with E-state index in [1.807, 2.05) is 86.0 Å². The number of hydrogen-bond donors (Lipinski definition) is 1. The van der Waals surface area contributed by atoms with Crippen molar-refractivity contribution in [2.45, 2.75) is 10.1 Å². The molecule has 55 heavy (non-hydrogen) atoms. The van der Waals surface area contributed by atoms with E-state index in [9.17, 15) is 0 Å². The van der Waals surface area contributed by atoms with E-state index in [4.69, 9.17) is 25.4 Å². The summed E-state index contributed by atoms with van der Waals surface area (Å²) in [7, 11) is 5.14. The van der Waals surface area contributed by atoms with E-state index in [2.05, 4.69) is 52.7 Å². The molecule has 3 aromatic carbocycles. The molecule has 0 atom stereocenters. The number of nitrogens with zero attached hydrogens (tertiary/aromatic N) is 9. The normalized spacial score (nSPS) is 10.9. The zero-order valence-corrected chi connectivity index (χ0v) is 31.1. The van der Waals surface area contributed by atoms with Crippen LogP contribution in [0.25, 0.3) is 38.7 Å². The molecule has 0 radical (unpaired) electrons. The summed E-state index contributed by atoms with van der Waals surface area (Å²) in [6.07, 6.45) is 12.5. The molecule has 0 aliphatic heterocycles. The van der Waals surface area contributed by atoms with Crippen LogP contribution in [0.4, 0.5) is 11.5 Å². The molecule has 0 bridgehead atoms. The minimum Gasteiger partial charge on any atom is -0.487 e. The summed E-state index contributed by atoms with van der Waals surface area (Å²) in [5, 5.41) is 23.3. The van der Waals surface area contributed by atoms with Crippen LogP contribution < -0.4 is 14.8 Å². The van der Waals surface area contributed by atoms with Gasteiger partial charge in [0.1, 0.15) is 25.4 Å². The van der Waals surface area contributed by atoms with E-state index in [1.165, 1.54) is 18.1 Å². The predicted molar refractivity (Wildman–Crippen MR) is 211 cm³/mol. The molecule has 15 heteroatoms. The van der Waals surface area contributed by atoms with E-state index >= 15 is 0 Å². The first-order chi connectivity index (χ1) is 27.0. The zero-order valence-electron chi connectivity index (χ0n) is 30.3. The third-order valence-electron chi connectivity index (χ3n) is 8.10. The van der Waals surface area contributed by atoms with Gasteiger partial charge in [-0.05, 0) is 72.4 Å². The summed E-state index contributed by atoms with van der Waals surface area (Å²) in [5.41, 5.74) is 5.81. The molecule has 1 N–H and O–H groups in total. The van der Waals surface area contributed by atoms with Crippen molar-refractivity contribution in [3.05, 3.63) is 109 Å². The Bertz CT molecular complexity index is 2600. The second-order valence-corrected chi connectivity index (χ2v) is 12.9. The quantitative estimate of drug-likeness (QED) is 0.0993. The average molecular weight is 753 g/mol. The van der Waals surface area contributed by atoms with Crippen LogP contribution in [0.2, 0.25) is 0 Å². The molecule has 0 aliphatic rings. The lowest BCUT2D eigenvalue weighted by molar-refractivity contribution is 0.132. The number of rotatable bonds is 13. The number of aryl methyl sites for hydroxylation is 1. The molecule has 0 amide bonds. The first-order valence-electron chi connectivity index (χ1n) is 17.1. The molecule has 8 aromatic rings. The third-order valence-corrected chi connectivity index (χ3v) is 9.03. The molecule has 0 saturated heterocycles. The van der Waals surface area contributed by atoms with Gasteiger partial charge in [-0.15, -0.1) is 16.6 Å². The largest absolute Gasteiger partial charge is 0.487 e. The highest BCUT2D eigenvalue weighted by molar-refractivity contribution is 7.99. The first-order valence-corrected chi connectivity index (χ1v) is 17.9. The molecular formula is C40H36N10O4S. The third kappa shape index (κ3) is 8.96. The lowest BCUT2D eigenvalue weighted by atomic mass is 10.2. The Morgan fingerprint density at radius 2 is 1.65 bits per heavy atom. The van der Waals surface area contributed by atoms with Crippen LogP contribution in [0.3, 0.4) is 0 Å². The van der Waals surface area contributed by atoms with Crippen LogP contribution in [0.1, 0.15) is 5.56 Å². The van der Waals surface area contributed by atoms with Crippen molar-refractivity contribution in [3.63, 3.8) is 0 Å². The summed E-state index contributed by atoms with van der Waals surface area (Å²) < 4.78 is 25.3. The molecule has 276 valence electrons. The fourth-order valence-electron chi connectivity index (χ4n) is 5.45. The summed E-state index contributed by atoms with van der Waals surface area (Å²) in [6, 6.07) is 25.2. The summed E-state index contributed by atoms with van der Waals surface area (Å²) in [6.45, 7) is 1.73. The molecular weight excluding hydrogens is 717 g/mol. The number of ether oxygens (including phenoxy) is 4. The second-order valence-electron chi connectivity index (χ2n) is 11.9. The highest BCUT2D eigenvalue weighted by Gasteiger charge is 2.14. The Labute approximate surface area is 320 Å². The van der Waals surface area contributed by atoms with Crippen molar-refractivity contribution in [1.29, 1.82) is 0 Å². The van der Waals surface area contributed by atoms with Crippen molar-refractivity contribution in [1.82, 2.24) is 44.5 Å². The van der Waals surface area contributed by atoms with Gasteiger partial charge in [-0.1, -0.05) is 18.1 Å². The van der Waals surface area contributed by atoms with Gasteiger partial charge in [-0.3, -0.25) is 9.67 Å². The van der Waals surface area contributed by atoms with Crippen molar-refractivity contribution in [3.8, 4) is 35.1 Å².